The molecule has 0 amide bonds. The Morgan fingerprint density at radius 1 is 0.688 bits per heavy atom. The fraction of sp³-hybridized carbons (Fsp3) is 0.143. The molecule has 1 N–H and O–H groups in total. The highest BCUT2D eigenvalue weighted by Crippen LogP contribution is 2.19. The Bertz CT molecular complexity index is 335. The van der Waals surface area contributed by atoms with Gasteiger partial charge in [0.1, 0.15) is 11.5 Å². The first-order chi connectivity index (χ1) is 7.86. The van der Waals surface area contributed by atoms with Gasteiger partial charge in [0.2, 0.25) is 0 Å². The molecule has 0 bridgehead atoms. The molecule has 2 heteroatoms. The zero-order valence-electron chi connectivity index (χ0n) is 9.68. The molecule has 0 radical (unpaired) electrons. The Labute approximate surface area is 96.9 Å². The molecule has 0 aliphatic heterocycles. The van der Waals surface area contributed by atoms with E-state index in [1.807, 2.05) is 74.8 Å². The van der Waals surface area contributed by atoms with E-state index in [0.29, 0.717) is 0 Å². The molecule has 2 aromatic carbocycles. The molecule has 0 fully saturated rings. The van der Waals surface area contributed by atoms with Crippen LogP contribution in [0, 0.1) is 0 Å². The smallest absolute Gasteiger partial charge is 0.127 e. The van der Waals surface area contributed by atoms with E-state index in [4.69, 9.17) is 4.74 Å². The van der Waals surface area contributed by atoms with Crippen molar-refractivity contribution >= 4 is 0 Å². The zero-order valence-corrected chi connectivity index (χ0v) is 9.68. The van der Waals surface area contributed by atoms with Crippen LogP contribution in [-0.4, -0.2) is 14.1 Å². The number of hydrogen-bond donors (Lipinski definition) is 1. The fourth-order valence-electron chi connectivity index (χ4n) is 1.11. The van der Waals surface area contributed by atoms with Gasteiger partial charge in [-0.05, 0) is 38.4 Å². The third-order valence-electron chi connectivity index (χ3n) is 1.72. The van der Waals surface area contributed by atoms with Crippen molar-refractivity contribution in [1.29, 1.82) is 0 Å². The van der Waals surface area contributed by atoms with Crippen LogP contribution in [0.5, 0.6) is 11.5 Å². The number of ether oxygens (including phenoxy) is 1. The summed E-state index contributed by atoms with van der Waals surface area (Å²) in [6, 6.07) is 19.5. The molecule has 2 rings (SSSR count). The maximum atomic E-state index is 5.58. The normalized spacial score (nSPS) is 8.88. The highest BCUT2D eigenvalue weighted by Gasteiger charge is 1.92. The van der Waals surface area contributed by atoms with Gasteiger partial charge in [-0.2, -0.15) is 0 Å². The molecule has 0 saturated heterocycles. The van der Waals surface area contributed by atoms with Gasteiger partial charge in [-0.25, -0.2) is 0 Å². The Hall–Kier alpha value is -1.80. The second kappa shape index (κ2) is 7.49. The van der Waals surface area contributed by atoms with Crippen molar-refractivity contribution in [3.8, 4) is 11.5 Å². The molecular formula is C14H17NO. The van der Waals surface area contributed by atoms with Crippen LogP contribution in [0.15, 0.2) is 60.7 Å². The molecule has 0 saturated carbocycles. The number of para-hydroxylation sites is 2. The Morgan fingerprint density at radius 2 is 1.00 bits per heavy atom. The van der Waals surface area contributed by atoms with E-state index in [1.54, 1.807) is 0 Å². The maximum Gasteiger partial charge on any atom is 0.127 e. The van der Waals surface area contributed by atoms with Crippen LogP contribution in [0.3, 0.4) is 0 Å². The van der Waals surface area contributed by atoms with Crippen molar-refractivity contribution in [2.75, 3.05) is 14.1 Å². The molecule has 2 nitrogen and oxygen atoms in total. The first kappa shape index (κ1) is 12.3. The van der Waals surface area contributed by atoms with Crippen LogP contribution in [0.2, 0.25) is 0 Å². The quantitative estimate of drug-likeness (QED) is 0.829. The lowest BCUT2D eigenvalue weighted by Gasteiger charge is -2.03. The van der Waals surface area contributed by atoms with Crippen LogP contribution in [0.1, 0.15) is 0 Å². The number of hydrogen-bond acceptors (Lipinski definition) is 2. The molecule has 16 heavy (non-hydrogen) atoms. The van der Waals surface area contributed by atoms with Gasteiger partial charge in [-0.3, -0.25) is 0 Å². The van der Waals surface area contributed by atoms with Crippen LogP contribution in [0.4, 0.5) is 0 Å². The molecule has 0 heterocycles. The number of rotatable bonds is 2. The van der Waals surface area contributed by atoms with Gasteiger partial charge < -0.3 is 10.1 Å². The topological polar surface area (TPSA) is 21.3 Å². The summed E-state index contributed by atoms with van der Waals surface area (Å²) in [4.78, 5) is 0. The summed E-state index contributed by atoms with van der Waals surface area (Å²) in [5.74, 6) is 1.74. The lowest BCUT2D eigenvalue weighted by molar-refractivity contribution is 0.482. The van der Waals surface area contributed by atoms with E-state index in [1.165, 1.54) is 0 Å². The summed E-state index contributed by atoms with van der Waals surface area (Å²) in [5, 5.41) is 2.75. The second-order valence-electron chi connectivity index (χ2n) is 3.23. The third kappa shape index (κ3) is 4.62. The molecule has 0 aliphatic carbocycles. The largest absolute Gasteiger partial charge is 0.457 e. The van der Waals surface area contributed by atoms with Crippen LogP contribution in [0.25, 0.3) is 0 Å². The van der Waals surface area contributed by atoms with E-state index in [-0.39, 0.29) is 0 Å². The molecule has 0 unspecified atom stereocenters. The number of benzene rings is 2. The minimum Gasteiger partial charge on any atom is -0.457 e. The Morgan fingerprint density at radius 3 is 1.31 bits per heavy atom. The van der Waals surface area contributed by atoms with E-state index in [9.17, 15) is 0 Å². The first-order valence-corrected chi connectivity index (χ1v) is 5.23. The summed E-state index contributed by atoms with van der Waals surface area (Å²) in [6.45, 7) is 0. The molecule has 84 valence electrons. The lowest BCUT2D eigenvalue weighted by atomic mass is 10.3. The van der Waals surface area contributed by atoms with Gasteiger partial charge in [0.25, 0.3) is 0 Å². The van der Waals surface area contributed by atoms with Crippen molar-refractivity contribution in [3.05, 3.63) is 60.7 Å². The maximum absolute atomic E-state index is 5.58. The summed E-state index contributed by atoms with van der Waals surface area (Å²) in [5.41, 5.74) is 0. The summed E-state index contributed by atoms with van der Waals surface area (Å²) in [7, 11) is 3.75. The SMILES string of the molecule is CNC.c1ccc(Oc2ccccc2)cc1. The summed E-state index contributed by atoms with van der Waals surface area (Å²) >= 11 is 0. The average Bonchev–Trinajstić information content (AvgIpc) is 2.33. The predicted octanol–water partition coefficient (Wildman–Crippen LogP) is 3.31. The fourth-order valence-corrected chi connectivity index (χ4v) is 1.11. The van der Waals surface area contributed by atoms with Crippen LogP contribution in [-0.2, 0) is 0 Å². The molecule has 2 aromatic rings. The van der Waals surface area contributed by atoms with E-state index < -0.39 is 0 Å². The van der Waals surface area contributed by atoms with Crippen molar-refractivity contribution < 1.29 is 4.74 Å². The number of nitrogens with one attached hydrogen (secondary N) is 1. The summed E-state index contributed by atoms with van der Waals surface area (Å²) in [6.07, 6.45) is 0. The van der Waals surface area contributed by atoms with Gasteiger partial charge in [-0.15, -0.1) is 0 Å². The van der Waals surface area contributed by atoms with Gasteiger partial charge in [-0.1, -0.05) is 36.4 Å². The highest BCUT2D eigenvalue weighted by atomic mass is 16.5. The molecule has 0 spiro atoms. The van der Waals surface area contributed by atoms with E-state index in [0.717, 1.165) is 11.5 Å². The lowest BCUT2D eigenvalue weighted by Crippen LogP contribution is -1.89. The van der Waals surface area contributed by atoms with Crippen molar-refractivity contribution in [2.24, 2.45) is 0 Å². The molecule has 0 atom stereocenters. The predicted molar refractivity (Wildman–Crippen MR) is 67.9 cm³/mol. The van der Waals surface area contributed by atoms with Gasteiger partial charge in [0.15, 0.2) is 0 Å². The minimum atomic E-state index is 0.869. The van der Waals surface area contributed by atoms with Crippen molar-refractivity contribution in [2.45, 2.75) is 0 Å². The van der Waals surface area contributed by atoms with Crippen molar-refractivity contribution in [1.82, 2.24) is 5.32 Å². The van der Waals surface area contributed by atoms with Gasteiger partial charge in [0.05, 0.1) is 0 Å². The zero-order chi connectivity index (χ0) is 11.6. The Balaban J connectivity index is 0.000000386. The van der Waals surface area contributed by atoms with E-state index in [2.05, 4.69) is 5.32 Å². The standard InChI is InChI=1S/C12H10O.C2H7N/c1-3-7-11(8-4-1)13-12-9-5-2-6-10-12;1-3-2/h1-10H;3H,1-2H3. The van der Waals surface area contributed by atoms with Crippen LogP contribution < -0.4 is 10.1 Å². The first-order valence-electron chi connectivity index (χ1n) is 5.23. The van der Waals surface area contributed by atoms with Gasteiger partial charge in [0, 0.05) is 0 Å². The van der Waals surface area contributed by atoms with E-state index >= 15 is 0 Å². The minimum absolute atomic E-state index is 0.869. The van der Waals surface area contributed by atoms with Crippen LogP contribution >= 0.6 is 0 Å². The van der Waals surface area contributed by atoms with Crippen molar-refractivity contribution in [3.63, 3.8) is 0 Å². The average molecular weight is 215 g/mol. The Kier molecular flexibility index (Phi) is 5.74. The second-order valence-corrected chi connectivity index (χ2v) is 3.23. The molecular weight excluding hydrogens is 198 g/mol. The van der Waals surface area contributed by atoms with Gasteiger partial charge >= 0.3 is 0 Å². The molecule has 0 aliphatic rings. The molecule has 0 aromatic heterocycles. The monoisotopic (exact) mass is 215 g/mol. The third-order valence-corrected chi connectivity index (χ3v) is 1.72. The highest BCUT2D eigenvalue weighted by molar-refractivity contribution is 5.30. The summed E-state index contributed by atoms with van der Waals surface area (Å²) < 4.78 is 5.58.